The first-order valence-corrected chi connectivity index (χ1v) is 7.73. The van der Waals surface area contributed by atoms with E-state index in [1.165, 1.54) is 0 Å². The minimum absolute atomic E-state index is 0.543. The van der Waals surface area contributed by atoms with Gasteiger partial charge in [-0.2, -0.15) is 0 Å². The van der Waals surface area contributed by atoms with Gasteiger partial charge < -0.3 is 15.4 Å². The third-order valence-electron chi connectivity index (χ3n) is 2.56. The highest BCUT2D eigenvalue weighted by Gasteiger charge is 2.05. The average Bonchev–Trinajstić information content (AvgIpc) is 2.44. The molecule has 0 bridgehead atoms. The predicted octanol–water partition coefficient (Wildman–Crippen LogP) is 4.50. The fourth-order valence-corrected chi connectivity index (χ4v) is 2.43. The molecule has 0 saturated heterocycles. The van der Waals surface area contributed by atoms with E-state index in [0.717, 1.165) is 20.7 Å². The van der Waals surface area contributed by atoms with Crippen molar-refractivity contribution in [1.82, 2.24) is 0 Å². The van der Waals surface area contributed by atoms with Crippen LogP contribution in [0.1, 0.15) is 6.92 Å². The molecular weight excluding hydrogens is 383 g/mol. The highest BCUT2D eigenvalue weighted by molar-refractivity contribution is 14.1. The molecule has 0 heterocycles. The first kappa shape index (κ1) is 15.1. The molecule has 0 unspecified atom stereocenters. The number of nitrogens with one attached hydrogen (secondary N) is 2. The lowest BCUT2D eigenvalue weighted by Crippen LogP contribution is -2.20. The molecular formula is C15H15IN2OS. The van der Waals surface area contributed by atoms with Gasteiger partial charge >= 0.3 is 0 Å². The summed E-state index contributed by atoms with van der Waals surface area (Å²) in [7, 11) is 0. The smallest absolute Gasteiger partial charge is 0.175 e. The number of para-hydroxylation sites is 3. The molecule has 0 aliphatic carbocycles. The highest BCUT2D eigenvalue weighted by Crippen LogP contribution is 2.24. The molecule has 0 spiro atoms. The summed E-state index contributed by atoms with van der Waals surface area (Å²) < 4.78 is 6.68. The zero-order chi connectivity index (χ0) is 14.4. The summed E-state index contributed by atoms with van der Waals surface area (Å²) in [6.07, 6.45) is 0. The van der Waals surface area contributed by atoms with E-state index in [1.54, 1.807) is 0 Å². The largest absolute Gasteiger partial charge is 0.492 e. The van der Waals surface area contributed by atoms with E-state index < -0.39 is 0 Å². The van der Waals surface area contributed by atoms with Gasteiger partial charge in [0.15, 0.2) is 5.11 Å². The molecule has 2 aromatic carbocycles. The highest BCUT2D eigenvalue weighted by atomic mass is 127. The van der Waals surface area contributed by atoms with Crippen LogP contribution in [0.2, 0.25) is 0 Å². The van der Waals surface area contributed by atoms with Gasteiger partial charge in [-0.3, -0.25) is 0 Å². The number of anilines is 2. The maximum Gasteiger partial charge on any atom is 0.175 e. The molecule has 0 radical (unpaired) electrons. The van der Waals surface area contributed by atoms with Crippen molar-refractivity contribution in [2.24, 2.45) is 0 Å². The van der Waals surface area contributed by atoms with Crippen molar-refractivity contribution in [2.75, 3.05) is 17.2 Å². The first-order valence-electron chi connectivity index (χ1n) is 6.25. The van der Waals surface area contributed by atoms with Gasteiger partial charge in [0.2, 0.25) is 0 Å². The molecule has 0 fully saturated rings. The van der Waals surface area contributed by atoms with E-state index in [4.69, 9.17) is 17.0 Å². The van der Waals surface area contributed by atoms with Crippen molar-refractivity contribution in [2.45, 2.75) is 6.92 Å². The fraction of sp³-hybridized carbons (Fsp3) is 0.133. The van der Waals surface area contributed by atoms with E-state index >= 15 is 0 Å². The zero-order valence-electron chi connectivity index (χ0n) is 11.0. The standard InChI is InChI=1S/C15H15IN2OS/c1-2-19-14-10-6-5-9-13(14)18-15(20)17-12-8-4-3-7-11(12)16/h3-10H,2H2,1H3,(H2,17,18,20). The molecule has 2 rings (SSSR count). The number of benzene rings is 2. The lowest BCUT2D eigenvalue weighted by atomic mass is 10.3. The molecule has 0 aromatic heterocycles. The summed E-state index contributed by atoms with van der Waals surface area (Å²) in [5.74, 6) is 0.793. The second kappa shape index (κ2) is 7.44. The Labute approximate surface area is 137 Å². The van der Waals surface area contributed by atoms with Gasteiger partial charge in [-0.05, 0) is 66.0 Å². The summed E-state index contributed by atoms with van der Waals surface area (Å²) in [6, 6.07) is 15.7. The minimum atomic E-state index is 0.543. The van der Waals surface area contributed by atoms with Crippen molar-refractivity contribution >= 4 is 51.3 Å². The predicted molar refractivity (Wildman–Crippen MR) is 96.6 cm³/mol. The van der Waals surface area contributed by atoms with Crippen molar-refractivity contribution in [1.29, 1.82) is 0 Å². The fourth-order valence-electron chi connectivity index (χ4n) is 1.69. The Bertz CT molecular complexity index is 604. The SMILES string of the molecule is CCOc1ccccc1NC(=S)Nc1ccccc1I. The number of halogens is 1. The Morgan fingerprint density at radius 3 is 2.35 bits per heavy atom. The Kier molecular flexibility index (Phi) is 5.60. The second-order valence-electron chi connectivity index (χ2n) is 3.99. The van der Waals surface area contributed by atoms with Crippen LogP contribution in [0.15, 0.2) is 48.5 Å². The summed E-state index contributed by atoms with van der Waals surface area (Å²) in [5, 5.41) is 6.89. The number of ether oxygens (including phenoxy) is 1. The molecule has 3 nitrogen and oxygen atoms in total. The molecule has 0 amide bonds. The third-order valence-corrected chi connectivity index (χ3v) is 3.70. The maximum atomic E-state index is 5.56. The number of hydrogen-bond donors (Lipinski definition) is 2. The monoisotopic (exact) mass is 398 g/mol. The first-order chi connectivity index (χ1) is 9.70. The normalized spacial score (nSPS) is 9.90. The topological polar surface area (TPSA) is 33.3 Å². The van der Waals surface area contributed by atoms with Gasteiger partial charge in [0.05, 0.1) is 18.0 Å². The molecule has 0 atom stereocenters. The Hall–Kier alpha value is -1.34. The van der Waals surface area contributed by atoms with Gasteiger partial charge in [0.1, 0.15) is 5.75 Å². The summed E-state index contributed by atoms with van der Waals surface area (Å²) in [5.41, 5.74) is 1.84. The lowest BCUT2D eigenvalue weighted by Gasteiger charge is -2.14. The van der Waals surface area contributed by atoms with E-state index in [2.05, 4.69) is 33.2 Å². The molecule has 104 valence electrons. The maximum absolute atomic E-state index is 5.56. The quantitative estimate of drug-likeness (QED) is 0.587. The number of thiocarbonyl (C=S) groups is 1. The molecule has 2 N–H and O–H groups in total. The zero-order valence-corrected chi connectivity index (χ0v) is 14.0. The molecule has 5 heteroatoms. The van der Waals surface area contributed by atoms with Gasteiger partial charge in [-0.15, -0.1) is 0 Å². The van der Waals surface area contributed by atoms with Crippen molar-refractivity contribution in [3.8, 4) is 5.75 Å². The Morgan fingerprint density at radius 1 is 1.05 bits per heavy atom. The van der Waals surface area contributed by atoms with Gasteiger partial charge in [-0.1, -0.05) is 24.3 Å². The lowest BCUT2D eigenvalue weighted by molar-refractivity contribution is 0.342. The summed E-state index contributed by atoms with van der Waals surface area (Å²) >= 11 is 7.61. The van der Waals surface area contributed by atoms with Crippen LogP contribution >= 0.6 is 34.8 Å². The van der Waals surface area contributed by atoms with Crippen LogP contribution in [0.4, 0.5) is 11.4 Å². The van der Waals surface area contributed by atoms with E-state index in [9.17, 15) is 0 Å². The van der Waals surface area contributed by atoms with E-state index in [-0.39, 0.29) is 0 Å². The van der Waals surface area contributed by atoms with Crippen LogP contribution in [-0.2, 0) is 0 Å². The van der Waals surface area contributed by atoms with E-state index in [0.29, 0.717) is 11.7 Å². The molecule has 0 saturated carbocycles. The third kappa shape index (κ3) is 4.08. The van der Waals surface area contributed by atoms with Crippen molar-refractivity contribution < 1.29 is 4.74 Å². The van der Waals surface area contributed by atoms with E-state index in [1.807, 2.05) is 55.5 Å². The van der Waals surface area contributed by atoms with Crippen LogP contribution < -0.4 is 15.4 Å². The molecule has 20 heavy (non-hydrogen) atoms. The van der Waals surface area contributed by atoms with Crippen LogP contribution in [-0.4, -0.2) is 11.7 Å². The van der Waals surface area contributed by atoms with Gasteiger partial charge in [0.25, 0.3) is 0 Å². The minimum Gasteiger partial charge on any atom is -0.492 e. The average molecular weight is 398 g/mol. The number of hydrogen-bond acceptors (Lipinski definition) is 2. The Balaban J connectivity index is 2.07. The summed E-state index contributed by atoms with van der Waals surface area (Å²) in [6.45, 7) is 2.58. The molecule has 2 aromatic rings. The molecule has 0 aliphatic heterocycles. The molecule has 0 aliphatic rings. The number of rotatable bonds is 4. The van der Waals surface area contributed by atoms with Crippen LogP contribution in [0, 0.1) is 3.57 Å². The Morgan fingerprint density at radius 2 is 1.65 bits per heavy atom. The summed E-state index contributed by atoms with van der Waals surface area (Å²) in [4.78, 5) is 0. The van der Waals surface area contributed by atoms with Crippen molar-refractivity contribution in [3.63, 3.8) is 0 Å². The second-order valence-corrected chi connectivity index (χ2v) is 5.56. The van der Waals surface area contributed by atoms with Crippen LogP contribution in [0.25, 0.3) is 0 Å². The van der Waals surface area contributed by atoms with Gasteiger partial charge in [0, 0.05) is 3.57 Å². The van der Waals surface area contributed by atoms with Crippen LogP contribution in [0.3, 0.4) is 0 Å². The van der Waals surface area contributed by atoms with Gasteiger partial charge in [-0.25, -0.2) is 0 Å². The van der Waals surface area contributed by atoms with Crippen LogP contribution in [0.5, 0.6) is 5.75 Å². The van der Waals surface area contributed by atoms with Crippen molar-refractivity contribution in [3.05, 3.63) is 52.1 Å².